The van der Waals surface area contributed by atoms with Gasteiger partial charge in [-0.1, -0.05) is 12.1 Å². The van der Waals surface area contributed by atoms with Gasteiger partial charge in [0, 0.05) is 5.56 Å². The van der Waals surface area contributed by atoms with Crippen molar-refractivity contribution < 1.29 is 19.1 Å². The van der Waals surface area contributed by atoms with Gasteiger partial charge in [-0.3, -0.25) is 9.59 Å². The highest BCUT2D eigenvalue weighted by molar-refractivity contribution is 6.14. The van der Waals surface area contributed by atoms with Gasteiger partial charge in [-0.25, -0.2) is 0 Å². The lowest BCUT2D eigenvalue weighted by molar-refractivity contribution is 0.0893. The summed E-state index contributed by atoms with van der Waals surface area (Å²) in [4.78, 5) is 24.4. The monoisotopic (exact) mass is 298 g/mol. The molecule has 2 aromatic carbocycles. The average Bonchev–Trinajstić information content (AvgIpc) is 2.55. The predicted octanol–water partition coefficient (Wildman–Crippen LogP) is 3.55. The number of carbonyl (C=O) groups excluding carboxylic acids is 2. The molecule has 0 saturated heterocycles. The Morgan fingerprint density at radius 3 is 2.27 bits per heavy atom. The van der Waals surface area contributed by atoms with Crippen LogP contribution in [0.3, 0.4) is 0 Å². The number of para-hydroxylation sites is 1. The Morgan fingerprint density at radius 1 is 0.955 bits per heavy atom. The molecular formula is C18H18O4. The van der Waals surface area contributed by atoms with Crippen LogP contribution in [0.5, 0.6) is 11.5 Å². The Hall–Kier alpha value is -2.62. The quantitative estimate of drug-likeness (QED) is 0.579. The highest BCUT2D eigenvalue weighted by Gasteiger charge is 2.16. The second-order valence-corrected chi connectivity index (χ2v) is 4.68. The van der Waals surface area contributed by atoms with Gasteiger partial charge in [-0.2, -0.15) is 0 Å². The van der Waals surface area contributed by atoms with Crippen LogP contribution in [0.1, 0.15) is 34.1 Å². The van der Waals surface area contributed by atoms with Crippen molar-refractivity contribution in [1.29, 1.82) is 0 Å². The lowest BCUT2D eigenvalue weighted by atomic mass is 10.0. The van der Waals surface area contributed by atoms with Gasteiger partial charge in [0.2, 0.25) is 0 Å². The Labute approximate surface area is 129 Å². The summed E-state index contributed by atoms with van der Waals surface area (Å²) in [6, 6.07) is 13.7. The Morgan fingerprint density at radius 2 is 1.64 bits per heavy atom. The zero-order valence-corrected chi connectivity index (χ0v) is 12.7. The number of hydrogen-bond acceptors (Lipinski definition) is 4. The zero-order valence-electron chi connectivity index (χ0n) is 12.7. The van der Waals surface area contributed by atoms with Crippen LogP contribution in [0.15, 0.2) is 48.5 Å². The van der Waals surface area contributed by atoms with E-state index in [-0.39, 0.29) is 18.0 Å². The van der Waals surface area contributed by atoms with E-state index in [4.69, 9.17) is 9.47 Å². The van der Waals surface area contributed by atoms with E-state index in [0.29, 0.717) is 29.2 Å². The molecule has 0 atom stereocenters. The summed E-state index contributed by atoms with van der Waals surface area (Å²) in [6.07, 6.45) is -0.186. The predicted molar refractivity (Wildman–Crippen MR) is 83.9 cm³/mol. The minimum atomic E-state index is -0.253. The molecule has 0 N–H and O–H groups in total. The third-order valence-electron chi connectivity index (χ3n) is 3.22. The first kappa shape index (κ1) is 15.8. The van der Waals surface area contributed by atoms with E-state index >= 15 is 0 Å². The number of Topliss-reactive ketones (excluding diaryl/α,β-unsaturated/α-hetero) is 2. The molecular weight excluding hydrogens is 280 g/mol. The van der Waals surface area contributed by atoms with Crippen LogP contribution < -0.4 is 9.47 Å². The van der Waals surface area contributed by atoms with Gasteiger partial charge in [0.05, 0.1) is 25.7 Å². The third kappa shape index (κ3) is 3.73. The first-order valence-electron chi connectivity index (χ1n) is 7.08. The highest BCUT2D eigenvalue weighted by atomic mass is 16.5. The van der Waals surface area contributed by atoms with Crippen LogP contribution in [-0.2, 0) is 0 Å². The van der Waals surface area contributed by atoms with E-state index in [2.05, 4.69) is 0 Å². The maximum atomic E-state index is 12.3. The molecule has 4 nitrogen and oxygen atoms in total. The van der Waals surface area contributed by atoms with Crippen molar-refractivity contribution in [2.24, 2.45) is 0 Å². The Balaban J connectivity index is 2.09. The summed E-state index contributed by atoms with van der Waals surface area (Å²) < 4.78 is 10.5. The number of ketones is 2. The fourth-order valence-electron chi connectivity index (χ4n) is 2.12. The van der Waals surface area contributed by atoms with Crippen molar-refractivity contribution in [2.75, 3.05) is 13.7 Å². The molecule has 4 heteroatoms. The molecule has 0 heterocycles. The van der Waals surface area contributed by atoms with Crippen LogP contribution in [0.4, 0.5) is 0 Å². The van der Waals surface area contributed by atoms with Gasteiger partial charge in [0.15, 0.2) is 11.6 Å². The van der Waals surface area contributed by atoms with Crippen molar-refractivity contribution >= 4 is 11.6 Å². The van der Waals surface area contributed by atoms with Crippen LogP contribution in [0.2, 0.25) is 0 Å². The fourth-order valence-corrected chi connectivity index (χ4v) is 2.12. The number of rotatable bonds is 7. The van der Waals surface area contributed by atoms with E-state index in [1.54, 1.807) is 48.5 Å². The zero-order chi connectivity index (χ0) is 15.9. The Bertz CT molecular complexity index is 659. The fraction of sp³-hybridized carbons (Fsp3) is 0.222. The molecule has 0 aliphatic heterocycles. The summed E-state index contributed by atoms with van der Waals surface area (Å²) >= 11 is 0. The number of hydrogen-bond donors (Lipinski definition) is 0. The summed E-state index contributed by atoms with van der Waals surface area (Å²) in [7, 11) is 1.50. The molecule has 0 aromatic heterocycles. The van der Waals surface area contributed by atoms with Crippen molar-refractivity contribution in [3.8, 4) is 11.5 Å². The standard InChI is InChI=1S/C18H18O4/c1-3-22-14-10-8-13(9-11-14)16(19)12-17(20)15-6-4-5-7-18(15)21-2/h4-11H,3,12H2,1-2H3. The van der Waals surface area contributed by atoms with E-state index in [0.717, 1.165) is 0 Å². The SMILES string of the molecule is CCOc1ccc(C(=O)CC(=O)c2ccccc2OC)cc1. The van der Waals surface area contributed by atoms with Crippen LogP contribution in [0.25, 0.3) is 0 Å². The second kappa shape index (κ2) is 7.41. The van der Waals surface area contributed by atoms with Gasteiger partial charge in [-0.05, 0) is 43.3 Å². The minimum Gasteiger partial charge on any atom is -0.496 e. The maximum absolute atomic E-state index is 12.3. The number of carbonyl (C=O) groups is 2. The smallest absolute Gasteiger partial charge is 0.174 e. The third-order valence-corrected chi connectivity index (χ3v) is 3.22. The topological polar surface area (TPSA) is 52.6 Å². The van der Waals surface area contributed by atoms with Gasteiger partial charge in [0.25, 0.3) is 0 Å². The Kier molecular flexibility index (Phi) is 5.31. The lowest BCUT2D eigenvalue weighted by Crippen LogP contribution is -2.09. The van der Waals surface area contributed by atoms with Gasteiger partial charge >= 0.3 is 0 Å². The van der Waals surface area contributed by atoms with E-state index < -0.39 is 0 Å². The molecule has 0 radical (unpaired) electrons. The normalized spacial score (nSPS) is 10.1. The highest BCUT2D eigenvalue weighted by Crippen LogP contribution is 2.20. The molecule has 2 rings (SSSR count). The van der Waals surface area contributed by atoms with E-state index in [9.17, 15) is 9.59 Å². The maximum Gasteiger partial charge on any atom is 0.174 e. The first-order chi connectivity index (χ1) is 10.7. The second-order valence-electron chi connectivity index (χ2n) is 4.68. The molecule has 2 aromatic rings. The first-order valence-corrected chi connectivity index (χ1v) is 7.08. The van der Waals surface area contributed by atoms with Crippen LogP contribution in [0, 0.1) is 0 Å². The van der Waals surface area contributed by atoms with E-state index in [1.807, 2.05) is 6.92 Å². The number of methoxy groups -OCH3 is 1. The largest absolute Gasteiger partial charge is 0.496 e. The molecule has 114 valence electrons. The molecule has 0 spiro atoms. The van der Waals surface area contributed by atoms with Crippen molar-refractivity contribution in [3.05, 3.63) is 59.7 Å². The molecule has 0 fully saturated rings. The van der Waals surface area contributed by atoms with Crippen LogP contribution in [-0.4, -0.2) is 25.3 Å². The molecule has 0 saturated carbocycles. The van der Waals surface area contributed by atoms with E-state index in [1.165, 1.54) is 7.11 Å². The van der Waals surface area contributed by atoms with Gasteiger partial charge in [-0.15, -0.1) is 0 Å². The summed E-state index contributed by atoms with van der Waals surface area (Å²) in [5.74, 6) is 0.706. The molecule has 0 aliphatic rings. The molecule has 0 bridgehead atoms. The number of benzene rings is 2. The summed E-state index contributed by atoms with van der Waals surface area (Å²) in [5.41, 5.74) is 0.913. The molecule has 0 amide bonds. The number of ether oxygens (including phenoxy) is 2. The molecule has 22 heavy (non-hydrogen) atoms. The summed E-state index contributed by atoms with van der Waals surface area (Å²) in [5, 5.41) is 0. The summed E-state index contributed by atoms with van der Waals surface area (Å²) in [6.45, 7) is 2.46. The van der Waals surface area contributed by atoms with Crippen molar-refractivity contribution in [1.82, 2.24) is 0 Å². The van der Waals surface area contributed by atoms with Crippen LogP contribution >= 0.6 is 0 Å². The molecule has 0 aliphatic carbocycles. The molecule has 0 unspecified atom stereocenters. The van der Waals surface area contributed by atoms with Crippen molar-refractivity contribution in [2.45, 2.75) is 13.3 Å². The van der Waals surface area contributed by atoms with Crippen molar-refractivity contribution in [3.63, 3.8) is 0 Å². The lowest BCUT2D eigenvalue weighted by Gasteiger charge is -2.07. The average molecular weight is 298 g/mol. The minimum absolute atomic E-state index is 0.186. The van der Waals surface area contributed by atoms with Gasteiger partial charge < -0.3 is 9.47 Å². The van der Waals surface area contributed by atoms with Gasteiger partial charge in [0.1, 0.15) is 11.5 Å².